The smallest absolute Gasteiger partial charge is 0.345 e. The summed E-state index contributed by atoms with van der Waals surface area (Å²) in [5, 5.41) is 10.5. The summed E-state index contributed by atoms with van der Waals surface area (Å²) in [5.74, 6) is -1.12. The van der Waals surface area contributed by atoms with Gasteiger partial charge in [-0.05, 0) is 30.3 Å². The van der Waals surface area contributed by atoms with Crippen LogP contribution in [0.1, 0.15) is 20.8 Å². The minimum Gasteiger partial charge on any atom is -0.423 e. The van der Waals surface area contributed by atoms with Crippen LogP contribution in [-0.2, 0) is 0 Å². The molecule has 0 atom stereocenters. The van der Waals surface area contributed by atoms with Crippen molar-refractivity contribution in [3.05, 3.63) is 63.8 Å². The number of hydrogen-bond acceptors (Lipinski definition) is 5. The summed E-state index contributed by atoms with van der Waals surface area (Å²) in [6.45, 7) is 0. The first kappa shape index (κ1) is 16.9. The van der Waals surface area contributed by atoms with Crippen molar-refractivity contribution >= 4 is 35.1 Å². The van der Waals surface area contributed by atoms with Crippen molar-refractivity contribution < 1.29 is 14.3 Å². The lowest BCUT2D eigenvalue weighted by Crippen LogP contribution is -2.13. The van der Waals surface area contributed by atoms with Gasteiger partial charge in [-0.2, -0.15) is 15.4 Å². The summed E-state index contributed by atoms with van der Waals surface area (Å²) in [6.07, 6.45) is 0. The molecule has 7 nitrogen and oxygen atoms in total. The Kier molecular flexibility index (Phi) is 4.69. The highest BCUT2D eigenvalue weighted by Crippen LogP contribution is 2.26. The Balaban J connectivity index is 1.88. The molecule has 0 aliphatic heterocycles. The Morgan fingerprint density at radius 2 is 1.88 bits per heavy atom. The van der Waals surface area contributed by atoms with Crippen LogP contribution in [0.5, 0.6) is 5.75 Å². The molecule has 0 radical (unpaired) electrons. The fourth-order valence-electron chi connectivity index (χ4n) is 2.13. The predicted molar refractivity (Wildman–Crippen MR) is 91.8 cm³/mol. The molecule has 0 bridgehead atoms. The van der Waals surface area contributed by atoms with Crippen LogP contribution in [0.2, 0.25) is 10.0 Å². The second kappa shape index (κ2) is 6.92. The zero-order valence-corrected chi connectivity index (χ0v) is 14.0. The molecule has 1 amide bonds. The van der Waals surface area contributed by atoms with Crippen LogP contribution >= 0.6 is 23.2 Å². The second-order valence-corrected chi connectivity index (χ2v) is 5.77. The maximum atomic E-state index is 12.3. The van der Waals surface area contributed by atoms with Gasteiger partial charge in [-0.15, -0.1) is 0 Å². The van der Waals surface area contributed by atoms with Gasteiger partial charge in [0.05, 0.1) is 10.6 Å². The van der Waals surface area contributed by atoms with E-state index in [9.17, 15) is 9.59 Å². The second-order valence-electron chi connectivity index (χ2n) is 4.93. The molecule has 0 aliphatic carbocycles. The number of aromatic nitrogens is 3. The van der Waals surface area contributed by atoms with Crippen molar-refractivity contribution in [2.75, 3.05) is 0 Å². The van der Waals surface area contributed by atoms with Crippen LogP contribution in [0.4, 0.5) is 0 Å². The van der Waals surface area contributed by atoms with Crippen LogP contribution in [0.3, 0.4) is 0 Å². The van der Waals surface area contributed by atoms with Crippen molar-refractivity contribution in [1.82, 2.24) is 15.4 Å². The number of benzene rings is 2. The first-order valence-electron chi connectivity index (χ1n) is 6.94. The number of primary amides is 1. The number of carbonyl (C=O) groups is 2. The number of esters is 1. The van der Waals surface area contributed by atoms with Gasteiger partial charge in [-0.3, -0.25) is 4.79 Å². The highest BCUT2D eigenvalue weighted by Gasteiger charge is 2.17. The summed E-state index contributed by atoms with van der Waals surface area (Å²) in [5.41, 5.74) is 6.18. The molecule has 25 heavy (non-hydrogen) atoms. The molecule has 9 heteroatoms. The minimum absolute atomic E-state index is 0.00998. The summed E-state index contributed by atoms with van der Waals surface area (Å²) >= 11 is 11.8. The largest absolute Gasteiger partial charge is 0.423 e. The van der Waals surface area contributed by atoms with Gasteiger partial charge >= 0.3 is 5.97 Å². The number of H-pyrrole nitrogens is 1. The highest BCUT2D eigenvalue weighted by atomic mass is 35.5. The van der Waals surface area contributed by atoms with E-state index in [2.05, 4.69) is 15.4 Å². The molecule has 0 spiro atoms. The average Bonchev–Trinajstić information content (AvgIpc) is 3.05. The van der Waals surface area contributed by atoms with Crippen LogP contribution in [0.25, 0.3) is 11.3 Å². The normalized spacial score (nSPS) is 10.5. The molecule has 3 rings (SSSR count). The topological polar surface area (TPSA) is 111 Å². The number of nitrogens with one attached hydrogen (secondary N) is 1. The number of amides is 1. The van der Waals surface area contributed by atoms with E-state index in [0.717, 1.165) is 0 Å². The monoisotopic (exact) mass is 376 g/mol. The van der Waals surface area contributed by atoms with E-state index in [1.54, 1.807) is 18.2 Å². The Hall–Kier alpha value is -2.90. The van der Waals surface area contributed by atoms with Gasteiger partial charge in [-0.1, -0.05) is 35.3 Å². The molecule has 1 aromatic heterocycles. The minimum atomic E-state index is -0.723. The van der Waals surface area contributed by atoms with Crippen molar-refractivity contribution in [3.63, 3.8) is 0 Å². The fraction of sp³-hybridized carbons (Fsp3) is 0. The van der Waals surface area contributed by atoms with E-state index in [1.165, 1.54) is 24.3 Å². The summed E-state index contributed by atoms with van der Waals surface area (Å²) in [4.78, 5) is 23.6. The van der Waals surface area contributed by atoms with Gasteiger partial charge < -0.3 is 10.5 Å². The van der Waals surface area contributed by atoms with E-state index in [1.807, 2.05) is 0 Å². The van der Waals surface area contributed by atoms with Gasteiger partial charge in [0.25, 0.3) is 5.91 Å². The number of hydrogen-bond donors (Lipinski definition) is 2. The molecule has 3 N–H and O–H groups in total. The Morgan fingerprint density at radius 1 is 1.08 bits per heavy atom. The van der Waals surface area contributed by atoms with Crippen LogP contribution in [0.15, 0.2) is 42.5 Å². The molecular weight excluding hydrogens is 367 g/mol. The first-order valence-corrected chi connectivity index (χ1v) is 7.69. The van der Waals surface area contributed by atoms with E-state index >= 15 is 0 Å². The molecule has 0 unspecified atom stereocenters. The van der Waals surface area contributed by atoms with E-state index < -0.39 is 11.9 Å². The van der Waals surface area contributed by atoms with Crippen LogP contribution in [-0.4, -0.2) is 27.3 Å². The van der Waals surface area contributed by atoms with E-state index in [-0.39, 0.29) is 27.7 Å². The number of nitrogens with two attached hydrogens (primary N) is 1. The average molecular weight is 377 g/mol. The van der Waals surface area contributed by atoms with Gasteiger partial charge in [0.1, 0.15) is 11.4 Å². The van der Waals surface area contributed by atoms with Crippen LogP contribution in [0, 0.1) is 0 Å². The Bertz CT molecular complexity index is 972. The Morgan fingerprint density at radius 3 is 2.60 bits per heavy atom. The zero-order chi connectivity index (χ0) is 18.0. The number of nitrogens with zero attached hydrogens (tertiary/aromatic N) is 2. The zero-order valence-electron chi connectivity index (χ0n) is 12.5. The first-order chi connectivity index (χ1) is 12.0. The fourth-order valence-corrected chi connectivity index (χ4v) is 2.61. The summed E-state index contributed by atoms with van der Waals surface area (Å²) < 4.78 is 5.32. The van der Waals surface area contributed by atoms with Crippen molar-refractivity contribution in [2.45, 2.75) is 0 Å². The maximum Gasteiger partial charge on any atom is 0.345 e. The molecule has 0 saturated heterocycles. The molecule has 126 valence electrons. The third kappa shape index (κ3) is 3.62. The van der Waals surface area contributed by atoms with Crippen molar-refractivity contribution in [3.8, 4) is 17.0 Å². The maximum absolute atomic E-state index is 12.3. The number of aromatic amines is 1. The number of rotatable bonds is 4. The number of carbonyl (C=O) groups excluding carboxylic acids is 2. The standard InChI is InChI=1S/C16H10Cl2N4O3/c17-9-4-5-11(12(18)7-9)16(24)25-10-3-1-2-8(6-10)13-14(15(19)23)21-22-20-13/h1-7H,(H2,19,23)(H,20,21,22). The SMILES string of the molecule is NC(=O)c1n[nH]nc1-c1cccc(OC(=O)c2ccc(Cl)cc2Cl)c1. The molecule has 0 saturated carbocycles. The lowest BCUT2D eigenvalue weighted by Gasteiger charge is -2.07. The molecule has 1 heterocycles. The molecule has 2 aromatic carbocycles. The van der Waals surface area contributed by atoms with Gasteiger partial charge in [0.2, 0.25) is 0 Å². The molecule has 0 fully saturated rings. The Labute approximate surface area is 151 Å². The van der Waals surface area contributed by atoms with Crippen molar-refractivity contribution in [1.29, 1.82) is 0 Å². The summed E-state index contributed by atoms with van der Waals surface area (Å²) in [6, 6.07) is 10.9. The molecule has 3 aromatic rings. The lowest BCUT2D eigenvalue weighted by atomic mass is 10.1. The van der Waals surface area contributed by atoms with Gasteiger partial charge in [0, 0.05) is 10.6 Å². The van der Waals surface area contributed by atoms with Gasteiger partial charge in [-0.25, -0.2) is 4.79 Å². The third-order valence-corrected chi connectivity index (χ3v) is 3.80. The van der Waals surface area contributed by atoms with E-state index in [0.29, 0.717) is 10.6 Å². The molecular formula is C16H10Cl2N4O3. The van der Waals surface area contributed by atoms with Crippen molar-refractivity contribution in [2.24, 2.45) is 5.73 Å². The van der Waals surface area contributed by atoms with Crippen LogP contribution < -0.4 is 10.5 Å². The highest BCUT2D eigenvalue weighted by molar-refractivity contribution is 6.36. The number of halogens is 2. The third-order valence-electron chi connectivity index (χ3n) is 3.25. The number of ether oxygens (including phenoxy) is 1. The summed E-state index contributed by atoms with van der Waals surface area (Å²) in [7, 11) is 0. The quantitative estimate of drug-likeness (QED) is 0.536. The predicted octanol–water partition coefficient (Wildman–Crippen LogP) is 3.10. The van der Waals surface area contributed by atoms with Gasteiger partial charge in [0.15, 0.2) is 5.69 Å². The lowest BCUT2D eigenvalue weighted by molar-refractivity contribution is 0.0734. The van der Waals surface area contributed by atoms with E-state index in [4.69, 9.17) is 33.7 Å². The molecule has 0 aliphatic rings.